The average molecular weight is 424 g/mol. The molecule has 2 saturated heterocycles. The van der Waals surface area contributed by atoms with Gasteiger partial charge in [-0.15, -0.1) is 0 Å². The third-order valence-corrected chi connectivity index (χ3v) is 5.64. The van der Waals surface area contributed by atoms with E-state index in [-0.39, 0.29) is 5.91 Å². The van der Waals surface area contributed by atoms with Crippen LogP contribution in [0.2, 0.25) is 0 Å². The first kappa shape index (κ1) is 21.1. The molecule has 1 aromatic carbocycles. The number of hydrogen-bond donors (Lipinski definition) is 2. The van der Waals surface area contributed by atoms with Crippen molar-refractivity contribution in [2.24, 2.45) is 0 Å². The Labute approximate surface area is 182 Å². The molecule has 0 spiro atoms. The minimum Gasteiger partial charge on any atom is -0.378 e. The Kier molecular flexibility index (Phi) is 6.99. The van der Waals surface area contributed by atoms with Gasteiger partial charge in [0, 0.05) is 32.6 Å². The van der Waals surface area contributed by atoms with Crippen LogP contribution in [-0.4, -0.2) is 67.3 Å². The average Bonchev–Trinajstić information content (AvgIpc) is 3.35. The van der Waals surface area contributed by atoms with Crippen LogP contribution in [-0.2, 0) is 16.0 Å². The summed E-state index contributed by atoms with van der Waals surface area (Å²) in [6.45, 7) is 4.50. The molecular weight excluding hydrogens is 394 g/mol. The molecule has 3 heterocycles. The smallest absolute Gasteiger partial charge is 0.319 e. The summed E-state index contributed by atoms with van der Waals surface area (Å²) >= 11 is 0. The van der Waals surface area contributed by atoms with Crippen LogP contribution in [0.1, 0.15) is 18.4 Å². The summed E-state index contributed by atoms with van der Waals surface area (Å²) in [7, 11) is 0. The lowest BCUT2D eigenvalue weighted by atomic mass is 10.0. The lowest BCUT2D eigenvalue weighted by Gasteiger charge is -2.27. The molecule has 8 nitrogen and oxygen atoms in total. The molecular formula is C23H29N5O3. The van der Waals surface area contributed by atoms with Crippen molar-refractivity contribution in [2.45, 2.75) is 25.3 Å². The van der Waals surface area contributed by atoms with Crippen LogP contribution in [0.5, 0.6) is 0 Å². The van der Waals surface area contributed by atoms with Gasteiger partial charge in [-0.3, -0.25) is 4.79 Å². The van der Waals surface area contributed by atoms with Crippen molar-refractivity contribution in [1.29, 1.82) is 0 Å². The topological polar surface area (TPSA) is 86.8 Å². The van der Waals surface area contributed by atoms with E-state index in [0.29, 0.717) is 25.3 Å². The van der Waals surface area contributed by atoms with Gasteiger partial charge in [0.25, 0.3) is 0 Å². The van der Waals surface area contributed by atoms with Crippen LogP contribution in [0.25, 0.3) is 0 Å². The number of amides is 3. The van der Waals surface area contributed by atoms with Crippen molar-refractivity contribution in [3.05, 3.63) is 54.2 Å². The second kappa shape index (κ2) is 10.3. The number of hydrogen-bond acceptors (Lipinski definition) is 5. The van der Waals surface area contributed by atoms with Gasteiger partial charge >= 0.3 is 6.03 Å². The summed E-state index contributed by atoms with van der Waals surface area (Å²) in [5.41, 5.74) is 1.60. The van der Waals surface area contributed by atoms with E-state index in [4.69, 9.17) is 4.74 Å². The Morgan fingerprint density at radius 3 is 2.42 bits per heavy atom. The number of rotatable bonds is 6. The van der Waals surface area contributed by atoms with Crippen LogP contribution in [0.3, 0.4) is 0 Å². The molecule has 164 valence electrons. The normalized spacial score (nSPS) is 17.3. The van der Waals surface area contributed by atoms with E-state index in [2.05, 4.69) is 20.5 Å². The van der Waals surface area contributed by atoms with Crippen LogP contribution in [0, 0.1) is 0 Å². The van der Waals surface area contributed by atoms with Crippen molar-refractivity contribution in [2.75, 3.05) is 49.6 Å². The molecule has 0 radical (unpaired) electrons. The second-order valence-corrected chi connectivity index (χ2v) is 7.88. The third-order valence-electron chi connectivity index (χ3n) is 5.64. The Balaban J connectivity index is 1.38. The standard InChI is InChI=1S/C23H29N5O3/c29-22(28-10-4-5-11-28)20(16-18-6-2-1-3-7-18)26-23(30)25-19-8-9-21(24-17-19)27-12-14-31-15-13-27/h1-3,6-9,17,20H,4-5,10-16H2,(H2,25,26,30). The van der Waals surface area contributed by atoms with Crippen molar-refractivity contribution < 1.29 is 14.3 Å². The van der Waals surface area contributed by atoms with Crippen LogP contribution >= 0.6 is 0 Å². The van der Waals surface area contributed by atoms with E-state index in [0.717, 1.165) is 50.4 Å². The van der Waals surface area contributed by atoms with Crippen molar-refractivity contribution >= 4 is 23.4 Å². The Morgan fingerprint density at radius 2 is 1.74 bits per heavy atom. The van der Waals surface area contributed by atoms with Gasteiger partial charge in [0.15, 0.2) is 0 Å². The number of aromatic nitrogens is 1. The Hall–Kier alpha value is -3.13. The molecule has 0 bridgehead atoms. The highest BCUT2D eigenvalue weighted by molar-refractivity contribution is 5.93. The van der Waals surface area contributed by atoms with Gasteiger partial charge in [0.1, 0.15) is 11.9 Å². The number of ether oxygens (including phenoxy) is 1. The first-order valence-electron chi connectivity index (χ1n) is 10.9. The molecule has 31 heavy (non-hydrogen) atoms. The fraction of sp³-hybridized carbons (Fsp3) is 0.435. The summed E-state index contributed by atoms with van der Waals surface area (Å²) in [6, 6.07) is 12.5. The van der Waals surface area contributed by atoms with Crippen LogP contribution in [0.15, 0.2) is 48.7 Å². The number of morpholine rings is 1. The maximum absolute atomic E-state index is 13.0. The number of carbonyl (C=O) groups is 2. The second-order valence-electron chi connectivity index (χ2n) is 7.88. The monoisotopic (exact) mass is 423 g/mol. The van der Waals surface area contributed by atoms with Gasteiger partial charge in [-0.25, -0.2) is 9.78 Å². The maximum atomic E-state index is 13.0. The van der Waals surface area contributed by atoms with E-state index < -0.39 is 12.1 Å². The number of pyridine rings is 1. The highest BCUT2D eigenvalue weighted by Crippen LogP contribution is 2.16. The van der Waals surface area contributed by atoms with E-state index >= 15 is 0 Å². The minimum atomic E-state index is -0.610. The molecule has 0 aliphatic carbocycles. The molecule has 2 aliphatic heterocycles. The zero-order chi connectivity index (χ0) is 21.5. The predicted molar refractivity (Wildman–Crippen MR) is 119 cm³/mol. The SMILES string of the molecule is O=C(Nc1ccc(N2CCOCC2)nc1)NC(Cc1ccccc1)C(=O)N1CCCC1. The maximum Gasteiger partial charge on any atom is 0.319 e. The van der Waals surface area contributed by atoms with Gasteiger partial charge in [-0.2, -0.15) is 0 Å². The Morgan fingerprint density at radius 1 is 1.00 bits per heavy atom. The molecule has 1 unspecified atom stereocenters. The number of carbonyl (C=O) groups excluding carboxylic acids is 2. The Bertz CT molecular complexity index is 863. The third kappa shape index (κ3) is 5.73. The molecule has 2 N–H and O–H groups in total. The highest BCUT2D eigenvalue weighted by atomic mass is 16.5. The molecule has 1 aromatic heterocycles. The number of nitrogens with one attached hydrogen (secondary N) is 2. The molecule has 0 saturated carbocycles. The van der Waals surface area contributed by atoms with Crippen LogP contribution < -0.4 is 15.5 Å². The first-order chi connectivity index (χ1) is 15.2. The van der Waals surface area contributed by atoms with Gasteiger partial charge in [0.2, 0.25) is 5.91 Å². The summed E-state index contributed by atoms with van der Waals surface area (Å²) < 4.78 is 5.37. The zero-order valence-corrected chi connectivity index (χ0v) is 17.6. The van der Waals surface area contributed by atoms with Gasteiger partial charge in [-0.1, -0.05) is 30.3 Å². The quantitative estimate of drug-likeness (QED) is 0.744. The van der Waals surface area contributed by atoms with E-state index in [1.165, 1.54) is 0 Å². The summed E-state index contributed by atoms with van der Waals surface area (Å²) in [5, 5.41) is 5.68. The number of anilines is 2. The lowest BCUT2D eigenvalue weighted by Crippen LogP contribution is -2.50. The van der Waals surface area contributed by atoms with E-state index in [1.54, 1.807) is 6.20 Å². The fourth-order valence-electron chi connectivity index (χ4n) is 3.97. The minimum absolute atomic E-state index is 0.0303. The summed E-state index contributed by atoms with van der Waals surface area (Å²) in [5.74, 6) is 0.831. The first-order valence-corrected chi connectivity index (χ1v) is 10.9. The molecule has 2 fully saturated rings. The molecule has 2 aromatic rings. The highest BCUT2D eigenvalue weighted by Gasteiger charge is 2.28. The van der Waals surface area contributed by atoms with E-state index in [1.807, 2.05) is 47.4 Å². The van der Waals surface area contributed by atoms with Gasteiger partial charge in [0.05, 0.1) is 25.1 Å². The lowest BCUT2D eigenvalue weighted by molar-refractivity contribution is -0.132. The molecule has 1 atom stereocenters. The number of likely N-dealkylation sites (tertiary alicyclic amines) is 1. The van der Waals surface area contributed by atoms with Gasteiger partial charge in [-0.05, 0) is 30.5 Å². The zero-order valence-electron chi connectivity index (χ0n) is 17.6. The molecule has 3 amide bonds. The number of benzene rings is 1. The van der Waals surface area contributed by atoms with Crippen molar-refractivity contribution in [3.8, 4) is 0 Å². The summed E-state index contributed by atoms with van der Waals surface area (Å²) in [4.78, 5) is 34.1. The van der Waals surface area contributed by atoms with Gasteiger partial charge < -0.3 is 25.2 Å². The number of urea groups is 1. The molecule has 4 rings (SSSR count). The van der Waals surface area contributed by atoms with Crippen molar-refractivity contribution in [3.63, 3.8) is 0 Å². The number of nitrogens with zero attached hydrogens (tertiary/aromatic N) is 3. The fourth-order valence-corrected chi connectivity index (χ4v) is 3.97. The largest absolute Gasteiger partial charge is 0.378 e. The molecule has 2 aliphatic rings. The summed E-state index contributed by atoms with van der Waals surface area (Å²) in [6.07, 6.45) is 4.12. The van der Waals surface area contributed by atoms with E-state index in [9.17, 15) is 9.59 Å². The van der Waals surface area contributed by atoms with Crippen LogP contribution in [0.4, 0.5) is 16.3 Å². The van der Waals surface area contributed by atoms with Crippen molar-refractivity contribution in [1.82, 2.24) is 15.2 Å². The molecule has 8 heteroatoms. The predicted octanol–water partition coefficient (Wildman–Crippen LogP) is 2.27.